The smallest absolute Gasteiger partial charge is 0.304 e. The standard InChI is InChI=1S/C11H16N2O2/c1-8(6-11(14)15)9-7-13-5-3-2-4-10(13)12-9/h7-8H,2-6H2,1H3,(H,14,15). The molecule has 2 heterocycles. The number of hydrogen-bond donors (Lipinski definition) is 1. The molecular weight excluding hydrogens is 192 g/mol. The molecule has 0 radical (unpaired) electrons. The minimum Gasteiger partial charge on any atom is -0.481 e. The van der Waals surface area contributed by atoms with E-state index in [0.29, 0.717) is 0 Å². The number of carboxylic acids is 1. The average molecular weight is 208 g/mol. The highest BCUT2D eigenvalue weighted by molar-refractivity contribution is 5.67. The lowest BCUT2D eigenvalue weighted by molar-refractivity contribution is -0.137. The van der Waals surface area contributed by atoms with Gasteiger partial charge in [-0.25, -0.2) is 4.98 Å². The van der Waals surface area contributed by atoms with Crippen LogP contribution in [-0.2, 0) is 17.8 Å². The lowest BCUT2D eigenvalue weighted by Gasteiger charge is -2.11. The second kappa shape index (κ2) is 4.04. The maximum atomic E-state index is 10.6. The van der Waals surface area contributed by atoms with E-state index in [1.165, 1.54) is 12.8 Å². The first-order valence-electron chi connectivity index (χ1n) is 5.44. The van der Waals surface area contributed by atoms with Gasteiger partial charge in [0.15, 0.2) is 0 Å². The Kier molecular flexibility index (Phi) is 2.75. The Morgan fingerprint density at radius 2 is 2.47 bits per heavy atom. The third-order valence-corrected chi connectivity index (χ3v) is 2.91. The van der Waals surface area contributed by atoms with Gasteiger partial charge in [-0.15, -0.1) is 0 Å². The molecule has 1 unspecified atom stereocenters. The molecule has 82 valence electrons. The van der Waals surface area contributed by atoms with Crippen LogP contribution in [0.3, 0.4) is 0 Å². The van der Waals surface area contributed by atoms with Crippen molar-refractivity contribution in [1.82, 2.24) is 9.55 Å². The topological polar surface area (TPSA) is 55.1 Å². The summed E-state index contributed by atoms with van der Waals surface area (Å²) in [6.07, 6.45) is 5.61. The molecule has 0 aromatic carbocycles. The molecule has 1 aromatic heterocycles. The van der Waals surface area contributed by atoms with Crippen LogP contribution < -0.4 is 0 Å². The number of aliphatic carboxylic acids is 1. The molecule has 0 aliphatic carbocycles. The van der Waals surface area contributed by atoms with E-state index >= 15 is 0 Å². The Bertz CT molecular complexity index is 347. The maximum Gasteiger partial charge on any atom is 0.304 e. The number of fused-ring (bicyclic) bond motifs is 1. The van der Waals surface area contributed by atoms with Gasteiger partial charge in [0, 0.05) is 25.1 Å². The van der Waals surface area contributed by atoms with E-state index in [1.54, 1.807) is 0 Å². The number of imidazole rings is 1. The molecule has 1 aliphatic rings. The summed E-state index contributed by atoms with van der Waals surface area (Å²) in [6.45, 7) is 2.95. The van der Waals surface area contributed by atoms with E-state index in [9.17, 15) is 4.79 Å². The summed E-state index contributed by atoms with van der Waals surface area (Å²) in [7, 11) is 0. The molecule has 0 amide bonds. The largest absolute Gasteiger partial charge is 0.481 e. The highest BCUT2D eigenvalue weighted by Gasteiger charge is 2.17. The minimum absolute atomic E-state index is 0.0144. The number of carbonyl (C=O) groups is 1. The first-order chi connectivity index (χ1) is 7.16. The van der Waals surface area contributed by atoms with E-state index in [0.717, 1.165) is 24.5 Å². The van der Waals surface area contributed by atoms with E-state index in [-0.39, 0.29) is 12.3 Å². The Labute approximate surface area is 88.9 Å². The van der Waals surface area contributed by atoms with Crippen LogP contribution in [0.15, 0.2) is 6.20 Å². The number of rotatable bonds is 3. The van der Waals surface area contributed by atoms with Crippen molar-refractivity contribution in [3.8, 4) is 0 Å². The second-order valence-electron chi connectivity index (χ2n) is 4.23. The van der Waals surface area contributed by atoms with Crippen LogP contribution >= 0.6 is 0 Å². The summed E-state index contributed by atoms with van der Waals surface area (Å²) >= 11 is 0. The van der Waals surface area contributed by atoms with E-state index in [4.69, 9.17) is 5.11 Å². The fourth-order valence-electron chi connectivity index (χ4n) is 2.04. The highest BCUT2D eigenvalue weighted by atomic mass is 16.4. The molecule has 0 spiro atoms. The van der Waals surface area contributed by atoms with Crippen molar-refractivity contribution in [2.45, 2.75) is 45.1 Å². The van der Waals surface area contributed by atoms with Crippen molar-refractivity contribution in [2.24, 2.45) is 0 Å². The Hall–Kier alpha value is -1.32. The number of aromatic nitrogens is 2. The van der Waals surface area contributed by atoms with Gasteiger partial charge in [-0.05, 0) is 12.8 Å². The molecule has 0 saturated heterocycles. The molecule has 1 atom stereocenters. The molecule has 0 bridgehead atoms. The zero-order chi connectivity index (χ0) is 10.8. The zero-order valence-electron chi connectivity index (χ0n) is 8.94. The van der Waals surface area contributed by atoms with Gasteiger partial charge in [-0.1, -0.05) is 6.92 Å². The van der Waals surface area contributed by atoms with E-state index < -0.39 is 5.97 Å². The van der Waals surface area contributed by atoms with Crippen molar-refractivity contribution in [1.29, 1.82) is 0 Å². The molecule has 1 N–H and O–H groups in total. The zero-order valence-corrected chi connectivity index (χ0v) is 8.94. The average Bonchev–Trinajstić information content (AvgIpc) is 2.59. The van der Waals surface area contributed by atoms with E-state index in [1.807, 2.05) is 13.1 Å². The molecule has 1 aromatic rings. The number of aryl methyl sites for hydroxylation is 2. The summed E-state index contributed by atoms with van der Waals surface area (Å²) in [5, 5.41) is 8.71. The Morgan fingerprint density at radius 1 is 1.67 bits per heavy atom. The normalized spacial score (nSPS) is 17.1. The molecular formula is C11H16N2O2. The van der Waals surface area contributed by atoms with Gasteiger partial charge in [-0.2, -0.15) is 0 Å². The summed E-state index contributed by atoms with van der Waals surface area (Å²) in [5.41, 5.74) is 0.925. The molecule has 1 aliphatic heterocycles. The maximum absolute atomic E-state index is 10.6. The third kappa shape index (κ3) is 2.19. The predicted octanol–water partition coefficient (Wildman–Crippen LogP) is 1.80. The van der Waals surface area contributed by atoms with Gasteiger partial charge in [0.05, 0.1) is 12.1 Å². The Morgan fingerprint density at radius 3 is 3.13 bits per heavy atom. The summed E-state index contributed by atoms with van der Waals surface area (Å²) in [6, 6.07) is 0. The summed E-state index contributed by atoms with van der Waals surface area (Å²) in [4.78, 5) is 15.1. The molecule has 4 nitrogen and oxygen atoms in total. The highest BCUT2D eigenvalue weighted by Crippen LogP contribution is 2.21. The number of carboxylic acid groups (broad SMARTS) is 1. The quantitative estimate of drug-likeness (QED) is 0.824. The van der Waals surface area contributed by atoms with Crippen LogP contribution in [0.5, 0.6) is 0 Å². The van der Waals surface area contributed by atoms with Gasteiger partial charge in [0.2, 0.25) is 0 Å². The molecule has 0 saturated carbocycles. The lowest BCUT2D eigenvalue weighted by atomic mass is 10.1. The van der Waals surface area contributed by atoms with Gasteiger partial charge in [-0.3, -0.25) is 4.79 Å². The van der Waals surface area contributed by atoms with Crippen molar-refractivity contribution in [2.75, 3.05) is 0 Å². The van der Waals surface area contributed by atoms with Crippen LogP contribution in [-0.4, -0.2) is 20.6 Å². The first-order valence-corrected chi connectivity index (χ1v) is 5.44. The van der Waals surface area contributed by atoms with Crippen molar-refractivity contribution < 1.29 is 9.90 Å². The van der Waals surface area contributed by atoms with Gasteiger partial charge < -0.3 is 9.67 Å². The van der Waals surface area contributed by atoms with Crippen molar-refractivity contribution in [3.63, 3.8) is 0 Å². The predicted molar refractivity (Wildman–Crippen MR) is 55.8 cm³/mol. The van der Waals surface area contributed by atoms with Gasteiger partial charge >= 0.3 is 5.97 Å². The molecule has 0 fully saturated rings. The summed E-state index contributed by atoms with van der Waals surface area (Å²) < 4.78 is 2.16. The van der Waals surface area contributed by atoms with Gasteiger partial charge in [0.25, 0.3) is 0 Å². The van der Waals surface area contributed by atoms with Crippen LogP contribution in [0.1, 0.15) is 43.6 Å². The van der Waals surface area contributed by atoms with Crippen LogP contribution in [0, 0.1) is 0 Å². The first kappa shape index (κ1) is 10.2. The van der Waals surface area contributed by atoms with Gasteiger partial charge in [0.1, 0.15) is 5.82 Å². The SMILES string of the molecule is CC(CC(=O)O)c1cn2c(n1)CCCC2. The monoisotopic (exact) mass is 208 g/mol. The molecule has 4 heteroatoms. The second-order valence-corrected chi connectivity index (χ2v) is 4.23. The molecule has 2 rings (SSSR count). The van der Waals surface area contributed by atoms with Crippen LogP contribution in [0.2, 0.25) is 0 Å². The third-order valence-electron chi connectivity index (χ3n) is 2.91. The fourth-order valence-corrected chi connectivity index (χ4v) is 2.04. The van der Waals surface area contributed by atoms with Crippen molar-refractivity contribution in [3.05, 3.63) is 17.7 Å². The fraction of sp³-hybridized carbons (Fsp3) is 0.636. The van der Waals surface area contributed by atoms with E-state index in [2.05, 4.69) is 9.55 Å². The Balaban J connectivity index is 2.15. The number of hydrogen-bond acceptors (Lipinski definition) is 2. The van der Waals surface area contributed by atoms with Crippen LogP contribution in [0.4, 0.5) is 0 Å². The minimum atomic E-state index is -0.756. The lowest BCUT2D eigenvalue weighted by Crippen LogP contribution is -2.08. The van der Waals surface area contributed by atoms with Crippen molar-refractivity contribution >= 4 is 5.97 Å². The number of nitrogens with zero attached hydrogens (tertiary/aromatic N) is 2. The molecule has 15 heavy (non-hydrogen) atoms. The summed E-state index contributed by atoms with van der Waals surface area (Å²) in [5.74, 6) is 0.377. The van der Waals surface area contributed by atoms with Crippen LogP contribution in [0.25, 0.3) is 0 Å².